The summed E-state index contributed by atoms with van der Waals surface area (Å²) in [6.45, 7) is 0.329. The number of imide groups is 1. The smallest absolute Gasteiger partial charge is 0.253 e. The van der Waals surface area contributed by atoms with Gasteiger partial charge in [0, 0.05) is 37.1 Å². The third-order valence-electron chi connectivity index (χ3n) is 3.63. The Hall–Kier alpha value is -1.49. The van der Waals surface area contributed by atoms with Crippen molar-refractivity contribution in [3.8, 4) is 0 Å². The van der Waals surface area contributed by atoms with Crippen LogP contribution < -0.4 is 5.73 Å². The van der Waals surface area contributed by atoms with E-state index in [9.17, 15) is 14.4 Å². The zero-order chi connectivity index (χ0) is 13.1. The first-order valence-electron chi connectivity index (χ1n) is 6.40. The molecule has 0 unspecified atom stereocenters. The highest BCUT2D eigenvalue weighted by molar-refractivity contribution is 6.12. The van der Waals surface area contributed by atoms with Crippen LogP contribution in [0.2, 0.25) is 0 Å². The van der Waals surface area contributed by atoms with Crippen molar-refractivity contribution >= 4 is 17.6 Å². The quantitative estimate of drug-likeness (QED) is 0.716. The van der Waals surface area contributed by atoms with Crippen LogP contribution in [-0.2, 0) is 14.4 Å². The van der Waals surface area contributed by atoms with Gasteiger partial charge in [0.2, 0.25) is 0 Å². The minimum absolute atomic E-state index is 0.0862. The van der Waals surface area contributed by atoms with Crippen LogP contribution in [0.3, 0.4) is 0 Å². The SMILES string of the molecule is N[C@H]1CC[C@H](C(=O)CCCN2C(=O)C=CC2=O)C1. The van der Waals surface area contributed by atoms with Crippen LogP contribution in [0.1, 0.15) is 32.1 Å². The summed E-state index contributed by atoms with van der Waals surface area (Å²) in [5.41, 5.74) is 5.77. The van der Waals surface area contributed by atoms with Crippen molar-refractivity contribution in [2.24, 2.45) is 11.7 Å². The molecule has 1 fully saturated rings. The fourth-order valence-electron chi connectivity index (χ4n) is 2.58. The molecule has 0 aromatic heterocycles. The summed E-state index contributed by atoms with van der Waals surface area (Å²) < 4.78 is 0. The highest BCUT2D eigenvalue weighted by atomic mass is 16.2. The van der Waals surface area contributed by atoms with Crippen LogP contribution in [0, 0.1) is 5.92 Å². The molecule has 5 heteroatoms. The van der Waals surface area contributed by atoms with Gasteiger partial charge in [-0.2, -0.15) is 0 Å². The summed E-state index contributed by atoms with van der Waals surface area (Å²) in [7, 11) is 0. The maximum Gasteiger partial charge on any atom is 0.253 e. The van der Waals surface area contributed by atoms with Gasteiger partial charge < -0.3 is 5.73 Å². The van der Waals surface area contributed by atoms with Crippen LogP contribution in [0.4, 0.5) is 0 Å². The first-order valence-corrected chi connectivity index (χ1v) is 6.40. The van der Waals surface area contributed by atoms with Gasteiger partial charge in [-0.1, -0.05) is 0 Å². The second-order valence-electron chi connectivity index (χ2n) is 5.00. The Bertz CT molecular complexity index is 385. The topological polar surface area (TPSA) is 80.5 Å². The van der Waals surface area contributed by atoms with Crippen LogP contribution >= 0.6 is 0 Å². The standard InChI is InChI=1S/C13H18N2O3/c14-10-4-3-9(8-10)11(16)2-1-7-15-12(17)5-6-13(15)18/h5-6,9-10H,1-4,7-8,14H2/t9-,10-/m0/s1. The number of ketones is 1. The Morgan fingerprint density at radius 3 is 2.50 bits per heavy atom. The van der Waals surface area contributed by atoms with Crippen LogP contribution in [0.15, 0.2) is 12.2 Å². The molecule has 1 saturated carbocycles. The van der Waals surface area contributed by atoms with Gasteiger partial charge in [-0.05, 0) is 25.7 Å². The maximum atomic E-state index is 11.9. The first kappa shape index (κ1) is 13.0. The molecular weight excluding hydrogens is 232 g/mol. The van der Waals surface area contributed by atoms with E-state index in [1.54, 1.807) is 0 Å². The zero-order valence-electron chi connectivity index (χ0n) is 10.3. The molecule has 0 bridgehead atoms. The molecule has 2 aliphatic rings. The Labute approximate surface area is 106 Å². The van der Waals surface area contributed by atoms with E-state index in [1.165, 1.54) is 17.1 Å². The monoisotopic (exact) mass is 250 g/mol. The molecule has 5 nitrogen and oxygen atoms in total. The van der Waals surface area contributed by atoms with E-state index >= 15 is 0 Å². The minimum atomic E-state index is -0.282. The van der Waals surface area contributed by atoms with E-state index < -0.39 is 0 Å². The molecule has 1 heterocycles. The Balaban J connectivity index is 1.71. The molecule has 0 spiro atoms. The second-order valence-corrected chi connectivity index (χ2v) is 5.00. The molecule has 98 valence electrons. The van der Waals surface area contributed by atoms with Crippen molar-refractivity contribution in [1.29, 1.82) is 0 Å². The van der Waals surface area contributed by atoms with Crippen molar-refractivity contribution in [2.75, 3.05) is 6.54 Å². The predicted molar refractivity (Wildman–Crippen MR) is 65.4 cm³/mol. The summed E-state index contributed by atoms with van der Waals surface area (Å²) in [5, 5.41) is 0. The maximum absolute atomic E-state index is 11.9. The molecule has 18 heavy (non-hydrogen) atoms. The number of nitrogens with zero attached hydrogens (tertiary/aromatic N) is 1. The predicted octanol–water partition coefficient (Wildman–Crippen LogP) is 0.388. The molecule has 2 rings (SSSR count). The number of Topliss-reactive ketones (excluding diaryl/α,β-unsaturated/α-hetero) is 1. The summed E-state index contributed by atoms with van der Waals surface area (Å²) in [6, 6.07) is 0.157. The molecule has 0 radical (unpaired) electrons. The van der Waals surface area contributed by atoms with Gasteiger partial charge in [0.05, 0.1) is 0 Å². The Morgan fingerprint density at radius 1 is 1.28 bits per heavy atom. The molecule has 1 aliphatic carbocycles. The Morgan fingerprint density at radius 2 is 1.94 bits per heavy atom. The fourth-order valence-corrected chi connectivity index (χ4v) is 2.58. The Kier molecular flexibility index (Phi) is 3.91. The van der Waals surface area contributed by atoms with Crippen LogP contribution in [-0.4, -0.2) is 35.1 Å². The molecular formula is C13H18N2O3. The first-order chi connectivity index (χ1) is 8.58. The summed E-state index contributed by atoms with van der Waals surface area (Å²) >= 11 is 0. The summed E-state index contributed by atoms with van der Waals surface area (Å²) in [5.74, 6) is -0.260. The third-order valence-corrected chi connectivity index (χ3v) is 3.63. The van der Waals surface area contributed by atoms with Gasteiger partial charge in [0.15, 0.2) is 0 Å². The number of carbonyl (C=O) groups excluding carboxylic acids is 3. The van der Waals surface area contributed by atoms with Crippen LogP contribution in [0.25, 0.3) is 0 Å². The molecule has 0 aromatic carbocycles. The lowest BCUT2D eigenvalue weighted by molar-refractivity contribution is -0.137. The van der Waals surface area contributed by atoms with E-state index in [0.717, 1.165) is 19.3 Å². The van der Waals surface area contributed by atoms with Crippen molar-refractivity contribution in [3.05, 3.63) is 12.2 Å². The molecule has 2 amide bonds. The van der Waals surface area contributed by atoms with E-state index in [4.69, 9.17) is 5.73 Å². The lowest BCUT2D eigenvalue weighted by Crippen LogP contribution is -2.31. The van der Waals surface area contributed by atoms with E-state index in [1.807, 2.05) is 0 Å². The van der Waals surface area contributed by atoms with Crippen LogP contribution in [0.5, 0.6) is 0 Å². The molecule has 0 aromatic rings. The third kappa shape index (κ3) is 2.85. The van der Waals surface area contributed by atoms with E-state index in [2.05, 4.69) is 0 Å². The van der Waals surface area contributed by atoms with Crippen molar-refractivity contribution in [3.63, 3.8) is 0 Å². The van der Waals surface area contributed by atoms with Gasteiger partial charge in [0.25, 0.3) is 11.8 Å². The van der Waals surface area contributed by atoms with Crippen molar-refractivity contribution in [2.45, 2.75) is 38.1 Å². The average Bonchev–Trinajstić information content (AvgIpc) is 2.89. The number of nitrogens with two attached hydrogens (primary N) is 1. The van der Waals surface area contributed by atoms with Gasteiger partial charge in [-0.3, -0.25) is 19.3 Å². The fraction of sp³-hybridized carbons (Fsp3) is 0.615. The number of carbonyl (C=O) groups is 3. The molecule has 0 saturated heterocycles. The van der Waals surface area contributed by atoms with Gasteiger partial charge in [-0.25, -0.2) is 0 Å². The molecule has 1 aliphatic heterocycles. The highest BCUT2D eigenvalue weighted by Crippen LogP contribution is 2.26. The van der Waals surface area contributed by atoms with Crippen molar-refractivity contribution < 1.29 is 14.4 Å². The number of amides is 2. The van der Waals surface area contributed by atoms with Gasteiger partial charge in [-0.15, -0.1) is 0 Å². The molecule has 2 atom stereocenters. The second kappa shape index (κ2) is 5.44. The minimum Gasteiger partial charge on any atom is -0.328 e. The summed E-state index contributed by atoms with van der Waals surface area (Å²) in [6.07, 6.45) is 6.08. The van der Waals surface area contributed by atoms with Gasteiger partial charge in [0.1, 0.15) is 5.78 Å². The van der Waals surface area contributed by atoms with Crippen molar-refractivity contribution in [1.82, 2.24) is 4.90 Å². The number of rotatable bonds is 5. The largest absolute Gasteiger partial charge is 0.328 e. The number of hydrogen-bond donors (Lipinski definition) is 1. The molecule has 2 N–H and O–H groups in total. The number of hydrogen-bond acceptors (Lipinski definition) is 4. The normalized spacial score (nSPS) is 27.3. The lowest BCUT2D eigenvalue weighted by Gasteiger charge is -2.14. The van der Waals surface area contributed by atoms with Gasteiger partial charge >= 0.3 is 0 Å². The average molecular weight is 250 g/mol. The van der Waals surface area contributed by atoms with E-state index in [0.29, 0.717) is 19.4 Å². The highest BCUT2D eigenvalue weighted by Gasteiger charge is 2.28. The summed E-state index contributed by atoms with van der Waals surface area (Å²) in [4.78, 5) is 35.6. The van der Waals surface area contributed by atoms with E-state index in [-0.39, 0.29) is 29.6 Å². The lowest BCUT2D eigenvalue weighted by atomic mass is 9.98. The zero-order valence-corrected chi connectivity index (χ0v) is 10.3.